The van der Waals surface area contributed by atoms with Gasteiger partial charge in [0.15, 0.2) is 18.1 Å². The van der Waals surface area contributed by atoms with Crippen LogP contribution < -0.4 is 14.8 Å². The molecule has 0 saturated heterocycles. The SMILES string of the molecule is COc1cc(C)ccc1OCC(=O)NC(C)c1ccc(F)cc1F. The lowest BCUT2D eigenvalue weighted by Gasteiger charge is -2.16. The first-order chi connectivity index (χ1) is 11.4. The molecule has 0 fully saturated rings. The monoisotopic (exact) mass is 335 g/mol. The number of nitrogens with one attached hydrogen (secondary N) is 1. The van der Waals surface area contributed by atoms with Gasteiger partial charge in [-0.3, -0.25) is 4.79 Å². The second kappa shape index (κ2) is 7.77. The van der Waals surface area contributed by atoms with Gasteiger partial charge < -0.3 is 14.8 Å². The molecule has 2 rings (SSSR count). The molecule has 0 heterocycles. The van der Waals surface area contributed by atoms with Crippen LogP contribution in [-0.4, -0.2) is 19.6 Å². The third-order valence-electron chi connectivity index (χ3n) is 3.48. The van der Waals surface area contributed by atoms with Gasteiger partial charge in [0.1, 0.15) is 11.6 Å². The standard InChI is InChI=1S/C18H19F2NO3/c1-11-4-7-16(17(8-11)23-3)24-10-18(22)21-12(2)14-6-5-13(19)9-15(14)20/h4-9,12H,10H2,1-3H3,(H,21,22). The van der Waals surface area contributed by atoms with Crippen molar-refractivity contribution in [3.8, 4) is 11.5 Å². The summed E-state index contributed by atoms with van der Waals surface area (Å²) < 4.78 is 37.3. The molecular weight excluding hydrogens is 316 g/mol. The molecule has 0 aliphatic rings. The molecule has 128 valence electrons. The van der Waals surface area contributed by atoms with Gasteiger partial charge in [-0.05, 0) is 37.6 Å². The van der Waals surface area contributed by atoms with Crippen LogP contribution in [0.2, 0.25) is 0 Å². The molecule has 0 aliphatic carbocycles. The average molecular weight is 335 g/mol. The number of aryl methyl sites for hydroxylation is 1. The van der Waals surface area contributed by atoms with E-state index in [9.17, 15) is 13.6 Å². The minimum Gasteiger partial charge on any atom is -0.493 e. The summed E-state index contributed by atoms with van der Waals surface area (Å²) in [6.07, 6.45) is 0. The number of carbonyl (C=O) groups is 1. The van der Waals surface area contributed by atoms with Gasteiger partial charge in [-0.1, -0.05) is 12.1 Å². The summed E-state index contributed by atoms with van der Waals surface area (Å²) in [6.45, 7) is 3.28. The molecule has 1 atom stereocenters. The Hall–Kier alpha value is -2.63. The highest BCUT2D eigenvalue weighted by Gasteiger charge is 2.15. The van der Waals surface area contributed by atoms with Crippen LogP contribution in [0.5, 0.6) is 11.5 Å². The minimum absolute atomic E-state index is 0.206. The van der Waals surface area contributed by atoms with E-state index >= 15 is 0 Å². The molecule has 2 aromatic rings. The zero-order valence-electron chi connectivity index (χ0n) is 13.7. The molecule has 0 radical (unpaired) electrons. The summed E-state index contributed by atoms with van der Waals surface area (Å²) in [5.74, 6) is -0.818. The van der Waals surface area contributed by atoms with Gasteiger partial charge in [-0.15, -0.1) is 0 Å². The van der Waals surface area contributed by atoms with E-state index in [-0.39, 0.29) is 12.2 Å². The molecule has 2 aromatic carbocycles. The third-order valence-corrected chi connectivity index (χ3v) is 3.48. The van der Waals surface area contributed by atoms with Gasteiger partial charge in [0.05, 0.1) is 13.2 Å². The number of hydrogen-bond donors (Lipinski definition) is 1. The summed E-state index contributed by atoms with van der Waals surface area (Å²) in [7, 11) is 1.51. The van der Waals surface area contributed by atoms with Crippen molar-refractivity contribution < 1.29 is 23.0 Å². The Kier molecular flexibility index (Phi) is 5.73. The molecule has 1 unspecified atom stereocenters. The molecule has 6 heteroatoms. The summed E-state index contributed by atoms with van der Waals surface area (Å²) in [4.78, 5) is 12.0. The minimum atomic E-state index is -0.705. The van der Waals surface area contributed by atoms with E-state index in [1.807, 2.05) is 13.0 Å². The van der Waals surface area contributed by atoms with E-state index in [4.69, 9.17) is 9.47 Å². The maximum absolute atomic E-state index is 13.7. The summed E-state index contributed by atoms with van der Waals surface area (Å²) in [6, 6.07) is 7.97. The molecule has 4 nitrogen and oxygen atoms in total. The molecule has 1 N–H and O–H groups in total. The van der Waals surface area contributed by atoms with Crippen molar-refractivity contribution in [3.05, 3.63) is 59.2 Å². The van der Waals surface area contributed by atoms with E-state index in [1.165, 1.54) is 13.2 Å². The molecular formula is C18H19F2NO3. The van der Waals surface area contributed by atoms with Crippen molar-refractivity contribution in [1.29, 1.82) is 0 Å². The molecule has 0 aliphatic heterocycles. The van der Waals surface area contributed by atoms with Crippen LogP contribution in [0.1, 0.15) is 24.1 Å². The second-order valence-electron chi connectivity index (χ2n) is 5.40. The van der Waals surface area contributed by atoms with Crippen LogP contribution >= 0.6 is 0 Å². The predicted molar refractivity (Wildman–Crippen MR) is 86.1 cm³/mol. The number of benzene rings is 2. The van der Waals surface area contributed by atoms with Gasteiger partial charge in [0, 0.05) is 11.6 Å². The normalized spacial score (nSPS) is 11.7. The molecule has 0 saturated carbocycles. The number of ether oxygens (including phenoxy) is 2. The van der Waals surface area contributed by atoms with Crippen LogP contribution in [-0.2, 0) is 4.79 Å². The number of halogens is 2. The molecule has 0 spiro atoms. The summed E-state index contributed by atoms with van der Waals surface area (Å²) in [5, 5.41) is 2.61. The van der Waals surface area contributed by atoms with Crippen molar-refractivity contribution in [2.75, 3.05) is 13.7 Å². The van der Waals surface area contributed by atoms with Gasteiger partial charge in [-0.2, -0.15) is 0 Å². The Bertz CT molecular complexity index is 734. The lowest BCUT2D eigenvalue weighted by atomic mass is 10.1. The Balaban J connectivity index is 1.96. The Labute approximate surface area is 139 Å². The zero-order valence-corrected chi connectivity index (χ0v) is 13.7. The maximum Gasteiger partial charge on any atom is 0.258 e. The fraction of sp³-hybridized carbons (Fsp3) is 0.278. The quantitative estimate of drug-likeness (QED) is 0.878. The van der Waals surface area contributed by atoms with Gasteiger partial charge in [-0.25, -0.2) is 8.78 Å². The van der Waals surface area contributed by atoms with Gasteiger partial charge in [0.25, 0.3) is 5.91 Å². The van der Waals surface area contributed by atoms with Crippen molar-refractivity contribution in [1.82, 2.24) is 5.32 Å². The first kappa shape index (κ1) is 17.7. The molecule has 24 heavy (non-hydrogen) atoms. The Morgan fingerprint density at radius 1 is 1.17 bits per heavy atom. The van der Waals surface area contributed by atoms with E-state index < -0.39 is 23.6 Å². The van der Waals surface area contributed by atoms with E-state index in [1.54, 1.807) is 19.1 Å². The van der Waals surface area contributed by atoms with E-state index in [0.717, 1.165) is 17.7 Å². The average Bonchev–Trinajstić information content (AvgIpc) is 2.53. The fourth-order valence-electron chi connectivity index (χ4n) is 2.25. The summed E-state index contributed by atoms with van der Waals surface area (Å²) in [5.41, 5.74) is 1.21. The number of methoxy groups -OCH3 is 1. The molecule has 1 amide bonds. The van der Waals surface area contributed by atoms with E-state index in [2.05, 4.69) is 5.32 Å². The lowest BCUT2D eigenvalue weighted by molar-refractivity contribution is -0.123. The second-order valence-corrected chi connectivity index (χ2v) is 5.40. The smallest absolute Gasteiger partial charge is 0.258 e. The lowest BCUT2D eigenvalue weighted by Crippen LogP contribution is -2.31. The van der Waals surface area contributed by atoms with Crippen LogP contribution in [0.15, 0.2) is 36.4 Å². The zero-order chi connectivity index (χ0) is 17.7. The van der Waals surface area contributed by atoms with Gasteiger partial charge >= 0.3 is 0 Å². The predicted octanol–water partition coefficient (Wildman–Crippen LogP) is 3.54. The first-order valence-corrected chi connectivity index (χ1v) is 7.42. The van der Waals surface area contributed by atoms with Gasteiger partial charge in [0.2, 0.25) is 0 Å². The first-order valence-electron chi connectivity index (χ1n) is 7.42. The van der Waals surface area contributed by atoms with Crippen LogP contribution in [0.25, 0.3) is 0 Å². The van der Waals surface area contributed by atoms with Crippen LogP contribution in [0, 0.1) is 18.6 Å². The highest BCUT2D eigenvalue weighted by Crippen LogP contribution is 2.27. The number of rotatable bonds is 6. The third kappa shape index (κ3) is 4.44. The molecule has 0 bridgehead atoms. The Morgan fingerprint density at radius 3 is 2.58 bits per heavy atom. The maximum atomic E-state index is 13.7. The number of hydrogen-bond acceptors (Lipinski definition) is 3. The van der Waals surface area contributed by atoms with Crippen molar-refractivity contribution in [2.24, 2.45) is 0 Å². The highest BCUT2D eigenvalue weighted by molar-refractivity contribution is 5.78. The largest absolute Gasteiger partial charge is 0.493 e. The topological polar surface area (TPSA) is 47.6 Å². The highest BCUT2D eigenvalue weighted by atomic mass is 19.1. The van der Waals surface area contributed by atoms with Crippen LogP contribution in [0.3, 0.4) is 0 Å². The number of amides is 1. The van der Waals surface area contributed by atoms with E-state index in [0.29, 0.717) is 11.5 Å². The van der Waals surface area contributed by atoms with Crippen molar-refractivity contribution in [2.45, 2.75) is 19.9 Å². The molecule has 0 aromatic heterocycles. The Morgan fingerprint density at radius 2 is 1.92 bits per heavy atom. The fourth-order valence-corrected chi connectivity index (χ4v) is 2.25. The van der Waals surface area contributed by atoms with Crippen molar-refractivity contribution in [3.63, 3.8) is 0 Å². The summed E-state index contributed by atoms with van der Waals surface area (Å²) >= 11 is 0. The van der Waals surface area contributed by atoms with Crippen LogP contribution in [0.4, 0.5) is 8.78 Å². The van der Waals surface area contributed by atoms with Crippen molar-refractivity contribution >= 4 is 5.91 Å². The number of carbonyl (C=O) groups excluding carboxylic acids is 1.